The molecular weight excluding hydrogens is 903 g/mol. The molecule has 0 amide bonds. The van der Waals surface area contributed by atoms with Crippen molar-refractivity contribution in [1.29, 1.82) is 0 Å². The molecule has 0 saturated carbocycles. The van der Waals surface area contributed by atoms with Crippen LogP contribution in [0, 0.1) is 19.0 Å². The van der Waals surface area contributed by atoms with Crippen molar-refractivity contribution in [2.24, 2.45) is 0 Å². The third-order valence-corrected chi connectivity index (χ3v) is 12.6. The molecule has 8 aromatic rings. The zero-order valence-electron chi connectivity index (χ0n) is 38.9. The van der Waals surface area contributed by atoms with E-state index in [-0.39, 0.29) is 43.9 Å². The Kier molecular flexibility index (Phi) is 10.1. The maximum atomic E-state index is 7.88. The van der Waals surface area contributed by atoms with Crippen LogP contribution in [0.3, 0.4) is 0 Å². The normalized spacial score (nSPS) is 15.1. The van der Waals surface area contributed by atoms with Crippen LogP contribution in [0.1, 0.15) is 74.8 Å². The molecule has 1 aliphatic heterocycles. The number of anilines is 2. The Morgan fingerprint density at radius 3 is 2.16 bits per heavy atom. The van der Waals surface area contributed by atoms with E-state index in [2.05, 4.69) is 154 Å². The second-order valence-electron chi connectivity index (χ2n) is 16.3. The first kappa shape index (κ1) is 34.7. The molecule has 0 N–H and O–H groups in total. The fourth-order valence-corrected chi connectivity index (χ4v) is 8.54. The Balaban J connectivity index is 0.000000221. The van der Waals surface area contributed by atoms with Gasteiger partial charge in [0.15, 0.2) is 0 Å². The maximum absolute atomic E-state index is 7.88. The summed E-state index contributed by atoms with van der Waals surface area (Å²) in [6.07, 6.45) is 1.59. The minimum absolute atomic E-state index is 0. The van der Waals surface area contributed by atoms with Crippen molar-refractivity contribution in [3.8, 4) is 22.4 Å². The molecule has 6 heteroatoms. The van der Waals surface area contributed by atoms with Gasteiger partial charge in [0.25, 0.3) is 0 Å². The average Bonchev–Trinajstić information content (AvgIpc) is 3.81. The molecular formula is C52H50IrN3OSi. The van der Waals surface area contributed by atoms with Crippen LogP contribution < -0.4 is 10.1 Å². The van der Waals surface area contributed by atoms with Gasteiger partial charge in [0, 0.05) is 35.4 Å². The summed E-state index contributed by atoms with van der Waals surface area (Å²) in [4.78, 5) is 6.84. The number of aromatic nitrogens is 1. The number of hydrogen-bond acceptors (Lipinski definition) is 3. The molecule has 58 heavy (non-hydrogen) atoms. The van der Waals surface area contributed by atoms with E-state index in [9.17, 15) is 0 Å². The van der Waals surface area contributed by atoms with E-state index < -0.39 is 14.9 Å². The van der Waals surface area contributed by atoms with Crippen LogP contribution >= 0.6 is 0 Å². The predicted octanol–water partition coefficient (Wildman–Crippen LogP) is 14.6. The van der Waals surface area contributed by atoms with Crippen molar-refractivity contribution in [2.45, 2.75) is 72.2 Å². The first-order chi connectivity index (χ1) is 29.5. The number of nitrogens with zero attached hydrogens (tertiary/aromatic N) is 3. The van der Waals surface area contributed by atoms with E-state index in [0.717, 1.165) is 38.9 Å². The van der Waals surface area contributed by atoms with E-state index >= 15 is 0 Å². The van der Waals surface area contributed by atoms with Gasteiger partial charge in [-0.05, 0) is 75.4 Å². The summed E-state index contributed by atoms with van der Waals surface area (Å²) in [5, 5.41) is 8.73. The van der Waals surface area contributed by atoms with Gasteiger partial charge in [-0.3, -0.25) is 0 Å². The van der Waals surface area contributed by atoms with Gasteiger partial charge < -0.3 is 19.6 Å². The average molecular weight is 958 g/mol. The number of furan rings is 1. The monoisotopic (exact) mass is 958 g/mol. The summed E-state index contributed by atoms with van der Waals surface area (Å²) in [6.45, 7) is 13.4. The molecule has 0 aliphatic carbocycles. The maximum Gasteiger partial charge on any atom is 3.00 e. The predicted molar refractivity (Wildman–Crippen MR) is 243 cm³/mol. The Morgan fingerprint density at radius 1 is 0.776 bits per heavy atom. The van der Waals surface area contributed by atoms with Crippen LogP contribution in [-0.4, -0.2) is 13.1 Å². The summed E-state index contributed by atoms with van der Waals surface area (Å²) in [7, 11) is -1.43. The van der Waals surface area contributed by atoms with Gasteiger partial charge in [-0.1, -0.05) is 138 Å². The first-order valence-electron chi connectivity index (χ1n) is 22.2. The van der Waals surface area contributed by atoms with Crippen molar-refractivity contribution in [1.82, 2.24) is 4.98 Å². The second-order valence-corrected chi connectivity index (χ2v) is 21.4. The van der Waals surface area contributed by atoms with Gasteiger partial charge >= 0.3 is 20.1 Å². The Hall–Kier alpha value is -5.26. The summed E-state index contributed by atoms with van der Waals surface area (Å²) >= 11 is 0. The minimum Gasteiger partial charge on any atom is -0.661 e. The van der Waals surface area contributed by atoms with Gasteiger partial charge in [-0.25, -0.2) is 0 Å². The van der Waals surface area contributed by atoms with Crippen LogP contribution in [0.15, 0.2) is 144 Å². The van der Waals surface area contributed by atoms with E-state index in [1.807, 2.05) is 36.5 Å². The molecule has 2 aromatic heterocycles. The quantitative estimate of drug-likeness (QED) is 0.118. The molecule has 0 spiro atoms. The Bertz CT molecular complexity index is 2850. The van der Waals surface area contributed by atoms with Gasteiger partial charge in [0.2, 0.25) is 0 Å². The molecule has 1 aliphatic rings. The van der Waals surface area contributed by atoms with Crippen molar-refractivity contribution in [2.75, 3.05) is 4.90 Å². The second kappa shape index (κ2) is 16.9. The number of fused-ring (bicyclic) bond motifs is 4. The molecule has 0 saturated heterocycles. The molecule has 3 heterocycles. The number of benzene rings is 6. The van der Waals surface area contributed by atoms with Gasteiger partial charge in [-0.15, -0.1) is 47.1 Å². The SMILES string of the molecule is CC(C)c1cc(-c2ccccc2)cc(C(C)C)c1N1c2ccccc2[N-]C1c1[c-]cc2oc3ccccc3c2c1.[2H]c1[c-]c(-c2ccc([Si](C)(C)C)cn2)cc([2H])c1C([2H])([2H])[2H].[Ir+3]. The third kappa shape index (κ3) is 8.20. The van der Waals surface area contributed by atoms with Gasteiger partial charge in [-0.2, -0.15) is 17.7 Å². The molecule has 0 fully saturated rings. The van der Waals surface area contributed by atoms with Crippen molar-refractivity contribution in [3.63, 3.8) is 0 Å². The number of hydrogen-bond donors (Lipinski definition) is 0. The number of rotatable bonds is 7. The standard InChI is InChI=1S/C37H32N2O.C15H18NSi.Ir/c1-23(2)29-21-27(25-12-6-5-7-13-25)22-30(24(3)4)36(29)39-33-16-10-9-15-32(33)38-37(39)26-18-19-35-31(20-26)28-14-8-11-17-34(28)40-35;1-12-5-7-13(8-6-12)15-10-9-14(11-16-15)17(2,3)4;/h5-17,19-24,37H,1-4H3;5-7,9-11H,1-4H3;/q-2;-1;+3/i;1D3,5D,6D;. The summed E-state index contributed by atoms with van der Waals surface area (Å²) in [6, 6.07) is 47.5. The van der Waals surface area contributed by atoms with E-state index in [4.69, 9.17) is 16.6 Å². The zero-order valence-corrected chi connectivity index (χ0v) is 37.3. The molecule has 0 bridgehead atoms. The Morgan fingerprint density at radius 2 is 1.48 bits per heavy atom. The molecule has 1 atom stereocenters. The number of para-hydroxylation sites is 3. The van der Waals surface area contributed by atoms with Crippen molar-refractivity contribution < 1.29 is 31.4 Å². The van der Waals surface area contributed by atoms with E-state index in [1.54, 1.807) is 0 Å². The summed E-state index contributed by atoms with van der Waals surface area (Å²) < 4.78 is 44.0. The molecule has 292 valence electrons. The first-order valence-corrected chi connectivity index (χ1v) is 23.2. The van der Waals surface area contributed by atoms with E-state index in [0.29, 0.717) is 23.1 Å². The van der Waals surface area contributed by atoms with Crippen molar-refractivity contribution >= 4 is 52.3 Å². The molecule has 0 radical (unpaired) electrons. The zero-order chi connectivity index (χ0) is 44.1. The smallest absolute Gasteiger partial charge is 0.661 e. The third-order valence-electron chi connectivity index (χ3n) is 10.6. The van der Waals surface area contributed by atoms with Crippen LogP contribution in [0.5, 0.6) is 0 Å². The minimum atomic E-state index is -2.47. The van der Waals surface area contributed by atoms with Crippen molar-refractivity contribution in [3.05, 3.63) is 179 Å². The fourth-order valence-electron chi connectivity index (χ4n) is 7.50. The Labute approximate surface area is 365 Å². The van der Waals surface area contributed by atoms with Crippen LogP contribution in [0.2, 0.25) is 19.6 Å². The molecule has 1 unspecified atom stereocenters. The van der Waals surface area contributed by atoms with E-state index in [1.165, 1.54) is 39.2 Å². The largest absolute Gasteiger partial charge is 3.00 e. The summed E-state index contributed by atoms with van der Waals surface area (Å²) in [5.74, 6) is 0.655. The van der Waals surface area contributed by atoms with Crippen LogP contribution in [-0.2, 0) is 20.1 Å². The molecule has 4 nitrogen and oxygen atoms in total. The van der Waals surface area contributed by atoms with Crippen LogP contribution in [0.4, 0.5) is 17.1 Å². The summed E-state index contributed by atoms with van der Waals surface area (Å²) in [5.41, 5.74) is 12.2. The topological polar surface area (TPSA) is 43.4 Å². The molecule has 9 rings (SSSR count). The van der Waals surface area contributed by atoms with Gasteiger partial charge in [0.05, 0.1) is 8.07 Å². The van der Waals surface area contributed by atoms with Crippen LogP contribution in [0.25, 0.3) is 49.6 Å². The number of pyridine rings is 1. The molecule has 6 aromatic carbocycles. The van der Waals surface area contributed by atoms with Gasteiger partial charge in [0.1, 0.15) is 5.58 Å². The fraction of sp³-hybridized carbons (Fsp3) is 0.212.